The van der Waals surface area contributed by atoms with Gasteiger partial charge in [-0.2, -0.15) is 0 Å². The fraction of sp³-hybridized carbons (Fsp3) is 0.318. The molecule has 5 rings (SSSR count). The van der Waals surface area contributed by atoms with Crippen molar-refractivity contribution in [3.05, 3.63) is 58.5 Å². The van der Waals surface area contributed by atoms with Crippen LogP contribution >= 0.6 is 11.6 Å². The average Bonchev–Trinajstić information content (AvgIpc) is 3.17. The molecule has 1 N–H and O–H groups in total. The van der Waals surface area contributed by atoms with Crippen molar-refractivity contribution in [2.45, 2.75) is 19.8 Å². The van der Waals surface area contributed by atoms with Crippen LogP contribution in [0.5, 0.6) is 0 Å². The van der Waals surface area contributed by atoms with E-state index in [1.165, 1.54) is 0 Å². The second kappa shape index (κ2) is 7.32. The Morgan fingerprint density at radius 1 is 1.13 bits per heavy atom. The first kappa shape index (κ1) is 18.9. The molecule has 0 unspecified atom stereocenters. The number of amides is 2. The summed E-state index contributed by atoms with van der Waals surface area (Å²) >= 11 is 6.42. The highest BCUT2D eigenvalue weighted by molar-refractivity contribution is 6.34. The van der Waals surface area contributed by atoms with Gasteiger partial charge in [-0.15, -0.1) is 0 Å². The summed E-state index contributed by atoms with van der Waals surface area (Å²) in [5, 5.41) is 3.43. The SMILES string of the molecule is Cc1ccn2cc(C(=O)N3CCN(c4cc(Cl)c5c(c4)CCC(=O)N5)CC3)nc2c1. The van der Waals surface area contributed by atoms with Crippen molar-refractivity contribution >= 4 is 40.4 Å². The fourth-order valence-electron chi connectivity index (χ4n) is 4.13. The Balaban J connectivity index is 1.29. The van der Waals surface area contributed by atoms with Crippen LogP contribution in [0.25, 0.3) is 5.65 Å². The van der Waals surface area contributed by atoms with E-state index < -0.39 is 0 Å². The maximum absolute atomic E-state index is 12.9. The molecule has 8 heteroatoms. The summed E-state index contributed by atoms with van der Waals surface area (Å²) in [6.45, 7) is 4.70. The lowest BCUT2D eigenvalue weighted by atomic mass is 10.0. The number of halogens is 1. The Kier molecular flexibility index (Phi) is 4.62. The Hall–Kier alpha value is -3.06. The number of hydrogen-bond donors (Lipinski definition) is 1. The predicted molar refractivity (Wildman–Crippen MR) is 116 cm³/mol. The van der Waals surface area contributed by atoms with Gasteiger partial charge in [-0.3, -0.25) is 9.59 Å². The van der Waals surface area contributed by atoms with Gasteiger partial charge in [-0.1, -0.05) is 11.6 Å². The second-order valence-corrected chi connectivity index (χ2v) is 8.29. The number of nitrogens with one attached hydrogen (secondary N) is 1. The normalized spacial score (nSPS) is 16.5. The van der Waals surface area contributed by atoms with Crippen molar-refractivity contribution in [1.82, 2.24) is 14.3 Å². The van der Waals surface area contributed by atoms with Crippen molar-refractivity contribution in [3.63, 3.8) is 0 Å². The van der Waals surface area contributed by atoms with Gasteiger partial charge < -0.3 is 19.5 Å². The minimum Gasteiger partial charge on any atom is -0.368 e. The summed E-state index contributed by atoms with van der Waals surface area (Å²) in [6.07, 6.45) is 4.89. The van der Waals surface area contributed by atoms with E-state index in [0.29, 0.717) is 36.6 Å². The summed E-state index contributed by atoms with van der Waals surface area (Å²) in [5.74, 6) is -0.0337. The molecule has 1 aromatic carbocycles. The monoisotopic (exact) mass is 423 g/mol. The van der Waals surface area contributed by atoms with Crippen molar-refractivity contribution < 1.29 is 9.59 Å². The van der Waals surface area contributed by atoms with Gasteiger partial charge in [0.1, 0.15) is 11.3 Å². The molecule has 30 heavy (non-hydrogen) atoms. The zero-order chi connectivity index (χ0) is 20.8. The maximum atomic E-state index is 12.9. The number of fused-ring (bicyclic) bond motifs is 2. The lowest BCUT2D eigenvalue weighted by Crippen LogP contribution is -2.49. The third-order valence-electron chi connectivity index (χ3n) is 5.81. The third-order valence-corrected chi connectivity index (χ3v) is 6.11. The largest absolute Gasteiger partial charge is 0.368 e. The summed E-state index contributed by atoms with van der Waals surface area (Å²) in [4.78, 5) is 33.2. The number of nitrogens with zero attached hydrogens (tertiary/aromatic N) is 4. The molecule has 2 aliphatic heterocycles. The molecule has 7 nitrogen and oxygen atoms in total. The van der Waals surface area contributed by atoms with E-state index in [0.717, 1.165) is 41.2 Å². The first-order valence-electron chi connectivity index (χ1n) is 10.1. The number of carbonyl (C=O) groups is 2. The Bertz CT molecular complexity index is 1160. The summed E-state index contributed by atoms with van der Waals surface area (Å²) in [5.41, 5.74) is 5.20. The van der Waals surface area contributed by atoms with E-state index in [9.17, 15) is 9.59 Å². The van der Waals surface area contributed by atoms with E-state index in [-0.39, 0.29) is 11.8 Å². The maximum Gasteiger partial charge on any atom is 0.274 e. The van der Waals surface area contributed by atoms with E-state index >= 15 is 0 Å². The van der Waals surface area contributed by atoms with Crippen LogP contribution in [0.2, 0.25) is 5.02 Å². The minimum atomic E-state index is -0.0396. The van der Waals surface area contributed by atoms with Gasteiger partial charge in [-0.25, -0.2) is 4.98 Å². The van der Waals surface area contributed by atoms with Gasteiger partial charge >= 0.3 is 0 Å². The molecule has 0 bridgehead atoms. The van der Waals surface area contributed by atoms with E-state index in [4.69, 9.17) is 11.6 Å². The zero-order valence-electron chi connectivity index (χ0n) is 16.7. The fourth-order valence-corrected chi connectivity index (χ4v) is 4.41. The Morgan fingerprint density at radius 3 is 2.73 bits per heavy atom. The number of imidazole rings is 1. The molecule has 0 saturated carbocycles. The lowest BCUT2D eigenvalue weighted by molar-refractivity contribution is -0.116. The molecule has 2 aliphatic rings. The number of pyridine rings is 1. The van der Waals surface area contributed by atoms with Crippen LogP contribution in [-0.4, -0.2) is 52.3 Å². The highest BCUT2D eigenvalue weighted by atomic mass is 35.5. The number of hydrogen-bond acceptors (Lipinski definition) is 4. The Labute approximate surface area is 179 Å². The standard InChI is InChI=1S/C22H22ClN5O2/c1-14-4-5-28-13-18(24-19(28)10-14)22(30)27-8-6-26(7-9-27)16-11-15-2-3-20(29)25-21(15)17(23)12-16/h4-5,10-13H,2-3,6-9H2,1H3,(H,25,29). The number of benzene rings is 1. The van der Waals surface area contributed by atoms with Gasteiger partial charge in [0.05, 0.1) is 10.7 Å². The summed E-state index contributed by atoms with van der Waals surface area (Å²) < 4.78 is 1.88. The first-order chi connectivity index (χ1) is 14.5. The molecule has 3 aromatic rings. The second-order valence-electron chi connectivity index (χ2n) is 7.88. The molecule has 1 fully saturated rings. The van der Waals surface area contributed by atoms with Crippen LogP contribution in [0.3, 0.4) is 0 Å². The number of aromatic nitrogens is 2. The molecule has 0 aliphatic carbocycles. The van der Waals surface area contributed by atoms with Crippen molar-refractivity contribution in [1.29, 1.82) is 0 Å². The number of rotatable bonds is 2. The molecule has 0 radical (unpaired) electrons. The first-order valence-corrected chi connectivity index (χ1v) is 10.5. The molecule has 1 saturated heterocycles. The van der Waals surface area contributed by atoms with E-state index in [2.05, 4.69) is 21.3 Å². The molecule has 4 heterocycles. The van der Waals surface area contributed by atoms with Gasteiger partial charge in [0.2, 0.25) is 5.91 Å². The minimum absolute atomic E-state index is 0.00591. The van der Waals surface area contributed by atoms with Crippen LogP contribution in [0, 0.1) is 6.92 Å². The lowest BCUT2D eigenvalue weighted by Gasteiger charge is -2.36. The topological polar surface area (TPSA) is 70.0 Å². The molecule has 154 valence electrons. The van der Waals surface area contributed by atoms with Crippen molar-refractivity contribution in [2.24, 2.45) is 0 Å². The smallest absolute Gasteiger partial charge is 0.274 e. The van der Waals surface area contributed by atoms with Crippen LogP contribution in [-0.2, 0) is 11.2 Å². The van der Waals surface area contributed by atoms with Crippen molar-refractivity contribution in [2.75, 3.05) is 36.4 Å². The van der Waals surface area contributed by atoms with Gasteiger partial charge in [0, 0.05) is 50.7 Å². The number of aryl methyl sites for hydroxylation is 2. The number of anilines is 2. The molecule has 0 spiro atoms. The van der Waals surface area contributed by atoms with Crippen molar-refractivity contribution in [3.8, 4) is 0 Å². The number of piperazine rings is 1. The molecule has 2 amide bonds. The summed E-state index contributed by atoms with van der Waals surface area (Å²) in [7, 11) is 0. The van der Waals surface area contributed by atoms with Crippen LogP contribution in [0.4, 0.5) is 11.4 Å². The average molecular weight is 424 g/mol. The highest BCUT2D eigenvalue weighted by Crippen LogP contribution is 2.35. The highest BCUT2D eigenvalue weighted by Gasteiger charge is 2.26. The Morgan fingerprint density at radius 2 is 1.93 bits per heavy atom. The number of carbonyl (C=O) groups excluding carboxylic acids is 2. The molecule has 2 aromatic heterocycles. The summed E-state index contributed by atoms with van der Waals surface area (Å²) in [6, 6.07) is 7.96. The van der Waals surface area contributed by atoms with E-state index in [1.807, 2.05) is 40.6 Å². The zero-order valence-corrected chi connectivity index (χ0v) is 17.4. The van der Waals surface area contributed by atoms with Crippen LogP contribution in [0.1, 0.15) is 28.0 Å². The quantitative estimate of drug-likeness (QED) is 0.687. The van der Waals surface area contributed by atoms with E-state index in [1.54, 1.807) is 6.20 Å². The third kappa shape index (κ3) is 3.39. The van der Waals surface area contributed by atoms with Gasteiger partial charge in [-0.05, 0) is 48.7 Å². The predicted octanol–water partition coefficient (Wildman–Crippen LogP) is 3.14. The van der Waals surface area contributed by atoms with Gasteiger partial charge in [0.15, 0.2) is 0 Å². The van der Waals surface area contributed by atoms with Gasteiger partial charge in [0.25, 0.3) is 5.91 Å². The molecule has 0 atom stereocenters. The molecular formula is C22H22ClN5O2. The van der Waals surface area contributed by atoms with Crippen LogP contribution < -0.4 is 10.2 Å². The van der Waals surface area contributed by atoms with Crippen LogP contribution in [0.15, 0.2) is 36.7 Å². The molecular weight excluding hydrogens is 402 g/mol.